The molecule has 0 saturated heterocycles. The molecule has 0 aliphatic rings. The summed E-state index contributed by atoms with van der Waals surface area (Å²) in [7, 11) is 0. The number of H-pyrrole nitrogens is 1. The quantitative estimate of drug-likeness (QED) is 0.415. The number of aromatic nitrogens is 2. The third-order valence-corrected chi connectivity index (χ3v) is 6.55. The summed E-state index contributed by atoms with van der Waals surface area (Å²) in [6.45, 7) is 2.06. The Hall–Kier alpha value is -2.96. The third-order valence-electron chi connectivity index (χ3n) is 4.54. The van der Waals surface area contributed by atoms with Crippen LogP contribution in [0, 0.1) is 6.92 Å². The highest BCUT2D eigenvalue weighted by Gasteiger charge is 2.18. The van der Waals surface area contributed by atoms with Gasteiger partial charge in [0.05, 0.1) is 15.9 Å². The summed E-state index contributed by atoms with van der Waals surface area (Å²) in [4.78, 5) is 21.6. The Balaban J connectivity index is 1.91. The Bertz CT molecular complexity index is 1350. The van der Waals surface area contributed by atoms with Gasteiger partial charge in [-0.25, -0.2) is 4.98 Å². The van der Waals surface area contributed by atoms with Crippen LogP contribution in [-0.2, 0) is 0 Å². The van der Waals surface area contributed by atoms with Crippen molar-refractivity contribution < 1.29 is 5.11 Å². The number of nitrogens with zero attached hydrogens (tertiary/aromatic N) is 1. The topological polar surface area (TPSA) is 66.0 Å². The molecule has 27 heavy (non-hydrogen) atoms. The Morgan fingerprint density at radius 2 is 1.93 bits per heavy atom. The first-order valence-electron chi connectivity index (χ1n) is 8.40. The van der Waals surface area contributed by atoms with Crippen molar-refractivity contribution in [1.29, 1.82) is 0 Å². The minimum Gasteiger partial charge on any atom is -0.506 e. The second-order valence-corrected chi connectivity index (χ2v) is 8.35. The van der Waals surface area contributed by atoms with Crippen LogP contribution >= 0.6 is 22.7 Å². The van der Waals surface area contributed by atoms with E-state index in [2.05, 4.69) is 48.3 Å². The smallest absolute Gasteiger partial charge is 0.252 e. The van der Waals surface area contributed by atoms with Crippen LogP contribution in [0.15, 0.2) is 58.7 Å². The molecular weight excluding hydrogens is 376 g/mol. The molecule has 5 aromatic rings. The molecule has 4 aromatic heterocycles. The lowest BCUT2D eigenvalue weighted by atomic mass is 10.0. The van der Waals surface area contributed by atoms with Gasteiger partial charge in [-0.1, -0.05) is 35.9 Å². The minimum absolute atomic E-state index is 0.00855. The second kappa shape index (κ2) is 6.04. The van der Waals surface area contributed by atoms with Crippen LogP contribution in [0.5, 0.6) is 5.75 Å². The monoisotopic (exact) mass is 390 g/mol. The van der Waals surface area contributed by atoms with E-state index < -0.39 is 0 Å². The summed E-state index contributed by atoms with van der Waals surface area (Å²) in [5.41, 5.74) is 4.45. The predicted molar refractivity (Wildman–Crippen MR) is 113 cm³/mol. The van der Waals surface area contributed by atoms with Crippen LogP contribution in [0.2, 0.25) is 0 Å². The molecule has 4 nitrogen and oxygen atoms in total. The van der Waals surface area contributed by atoms with Crippen LogP contribution in [0.3, 0.4) is 0 Å². The average Bonchev–Trinajstić information content (AvgIpc) is 3.30. The predicted octanol–water partition coefficient (Wildman–Crippen LogP) is 5.55. The summed E-state index contributed by atoms with van der Waals surface area (Å²) >= 11 is 3.03. The zero-order valence-electron chi connectivity index (χ0n) is 14.3. The van der Waals surface area contributed by atoms with Gasteiger partial charge in [0, 0.05) is 27.5 Å². The lowest BCUT2D eigenvalue weighted by Crippen LogP contribution is -2.02. The molecule has 132 valence electrons. The van der Waals surface area contributed by atoms with E-state index in [9.17, 15) is 9.90 Å². The number of aromatic hydroxyl groups is 1. The van der Waals surface area contributed by atoms with Gasteiger partial charge in [-0.05, 0) is 24.4 Å². The van der Waals surface area contributed by atoms with Gasteiger partial charge in [0.1, 0.15) is 10.6 Å². The molecule has 0 amide bonds. The van der Waals surface area contributed by atoms with E-state index in [4.69, 9.17) is 4.98 Å². The van der Waals surface area contributed by atoms with Gasteiger partial charge in [-0.3, -0.25) is 4.79 Å². The van der Waals surface area contributed by atoms with Gasteiger partial charge < -0.3 is 10.1 Å². The summed E-state index contributed by atoms with van der Waals surface area (Å²) in [5.74, 6) is -0.00855. The van der Waals surface area contributed by atoms with E-state index in [1.54, 1.807) is 11.3 Å². The number of rotatable bonds is 2. The van der Waals surface area contributed by atoms with Gasteiger partial charge in [0.2, 0.25) is 0 Å². The summed E-state index contributed by atoms with van der Waals surface area (Å²) in [6, 6.07) is 15.6. The molecule has 0 fully saturated rings. The number of benzene rings is 1. The van der Waals surface area contributed by atoms with Gasteiger partial charge in [-0.15, -0.1) is 22.7 Å². The fourth-order valence-corrected chi connectivity index (χ4v) is 5.06. The number of pyridine rings is 2. The van der Waals surface area contributed by atoms with Crippen LogP contribution < -0.4 is 5.56 Å². The van der Waals surface area contributed by atoms with Gasteiger partial charge >= 0.3 is 0 Å². The maximum Gasteiger partial charge on any atom is 0.252 e. The highest BCUT2D eigenvalue weighted by Crippen LogP contribution is 2.43. The molecule has 0 radical (unpaired) electrons. The number of hydrogen-bond acceptors (Lipinski definition) is 5. The van der Waals surface area contributed by atoms with E-state index in [1.165, 1.54) is 23.0 Å². The number of aromatic amines is 1. The highest BCUT2D eigenvalue weighted by atomic mass is 32.1. The van der Waals surface area contributed by atoms with E-state index in [0.717, 1.165) is 31.9 Å². The molecule has 0 atom stereocenters. The maximum absolute atomic E-state index is 11.9. The summed E-state index contributed by atoms with van der Waals surface area (Å²) in [6.07, 6.45) is 0. The fourth-order valence-electron chi connectivity index (χ4n) is 3.25. The number of thiophene rings is 2. The number of hydrogen-bond donors (Lipinski definition) is 2. The second-order valence-electron chi connectivity index (χ2n) is 6.40. The standard InChI is InChI=1S/C21H14N2O2S2/c1-11-4-6-12(7-5-11)14-9-13(16-3-2-8-26-16)18-19-20(27-21(18)22-14)15(24)10-17(25)23-19/h2-10H,1H3,(H2,23,24,25). The Morgan fingerprint density at radius 1 is 1.11 bits per heavy atom. The number of nitrogens with one attached hydrogen (secondary N) is 1. The molecule has 0 aliphatic heterocycles. The molecule has 4 heterocycles. The van der Waals surface area contributed by atoms with Gasteiger partial charge in [-0.2, -0.15) is 0 Å². The molecule has 2 N–H and O–H groups in total. The fraction of sp³-hybridized carbons (Fsp3) is 0.0476. The van der Waals surface area contributed by atoms with Crippen LogP contribution in [-0.4, -0.2) is 15.1 Å². The Kier molecular flexibility index (Phi) is 3.63. The largest absolute Gasteiger partial charge is 0.506 e. The minimum atomic E-state index is -0.320. The lowest BCUT2D eigenvalue weighted by molar-refractivity contribution is 0.481. The summed E-state index contributed by atoms with van der Waals surface area (Å²) in [5, 5.41) is 13.2. The Labute approximate surface area is 162 Å². The maximum atomic E-state index is 11.9. The highest BCUT2D eigenvalue weighted by molar-refractivity contribution is 7.26. The summed E-state index contributed by atoms with van der Waals surface area (Å²) < 4.78 is 0.649. The zero-order valence-corrected chi connectivity index (χ0v) is 15.9. The molecule has 0 spiro atoms. The average molecular weight is 390 g/mol. The van der Waals surface area contributed by atoms with Gasteiger partial charge in [0.25, 0.3) is 5.56 Å². The molecule has 6 heteroatoms. The van der Waals surface area contributed by atoms with Crippen molar-refractivity contribution in [3.63, 3.8) is 0 Å². The molecular formula is C21H14N2O2S2. The molecule has 5 rings (SSSR count). The third kappa shape index (κ3) is 2.65. The lowest BCUT2D eigenvalue weighted by Gasteiger charge is -2.07. The molecule has 0 saturated carbocycles. The van der Waals surface area contributed by atoms with Crippen LogP contribution in [0.1, 0.15) is 5.56 Å². The van der Waals surface area contributed by atoms with E-state index >= 15 is 0 Å². The first kappa shape index (κ1) is 16.2. The molecule has 1 aromatic carbocycles. The SMILES string of the molecule is Cc1ccc(-c2cc(-c3cccs3)c3c(n2)sc2c(O)cc(=O)[nH]c23)cc1. The number of aryl methyl sites for hydroxylation is 1. The normalized spacial score (nSPS) is 11.4. The van der Waals surface area contributed by atoms with Crippen molar-refractivity contribution in [1.82, 2.24) is 9.97 Å². The van der Waals surface area contributed by atoms with Crippen molar-refractivity contribution in [2.45, 2.75) is 6.92 Å². The van der Waals surface area contributed by atoms with Crippen LogP contribution in [0.25, 0.3) is 42.1 Å². The molecule has 0 aliphatic carbocycles. The first-order valence-corrected chi connectivity index (χ1v) is 10.1. The van der Waals surface area contributed by atoms with E-state index in [0.29, 0.717) is 10.2 Å². The van der Waals surface area contributed by atoms with Crippen molar-refractivity contribution in [3.05, 3.63) is 69.8 Å². The zero-order chi connectivity index (χ0) is 18.5. The van der Waals surface area contributed by atoms with E-state index in [-0.39, 0.29) is 11.3 Å². The van der Waals surface area contributed by atoms with Crippen molar-refractivity contribution >= 4 is 43.1 Å². The van der Waals surface area contributed by atoms with E-state index in [1.807, 2.05) is 11.4 Å². The molecule has 0 unspecified atom stereocenters. The van der Waals surface area contributed by atoms with Crippen LogP contribution in [0.4, 0.5) is 0 Å². The number of fused-ring (bicyclic) bond motifs is 3. The van der Waals surface area contributed by atoms with Crippen molar-refractivity contribution in [2.75, 3.05) is 0 Å². The molecule has 0 bridgehead atoms. The first-order chi connectivity index (χ1) is 13.1. The Morgan fingerprint density at radius 3 is 2.67 bits per heavy atom. The van der Waals surface area contributed by atoms with Crippen molar-refractivity contribution in [3.8, 4) is 27.4 Å². The van der Waals surface area contributed by atoms with Crippen molar-refractivity contribution in [2.24, 2.45) is 0 Å². The van der Waals surface area contributed by atoms with Gasteiger partial charge in [0.15, 0.2) is 0 Å².